The first-order valence-electron chi connectivity index (χ1n) is 6.45. The number of alkyl halides is 3. The molecule has 1 aromatic rings. The lowest BCUT2D eigenvalue weighted by atomic mass is 10.2. The van der Waals surface area contributed by atoms with Crippen LogP contribution in [0.25, 0.3) is 0 Å². The second-order valence-corrected chi connectivity index (χ2v) is 8.48. The van der Waals surface area contributed by atoms with Gasteiger partial charge in [-0.25, -0.2) is 8.42 Å². The van der Waals surface area contributed by atoms with E-state index in [0.29, 0.717) is 6.42 Å². The van der Waals surface area contributed by atoms with Crippen molar-refractivity contribution >= 4 is 33.2 Å². The van der Waals surface area contributed by atoms with E-state index < -0.39 is 27.5 Å². The smallest absolute Gasteiger partial charge is 0.325 e. The van der Waals surface area contributed by atoms with E-state index >= 15 is 0 Å². The number of carbonyl (C=O) groups excluding carboxylic acids is 1. The zero-order valence-electron chi connectivity index (χ0n) is 11.4. The molecule has 0 spiro atoms. The highest BCUT2D eigenvalue weighted by atomic mass is 32.2. The fourth-order valence-corrected chi connectivity index (χ4v) is 5.50. The van der Waals surface area contributed by atoms with Crippen LogP contribution < -0.4 is 5.32 Å². The minimum Gasteiger partial charge on any atom is -0.325 e. The molecule has 9 heteroatoms. The predicted molar refractivity (Wildman–Crippen MR) is 79.6 cm³/mol. The fraction of sp³-hybridized carbons (Fsp3) is 0.462. The first-order valence-corrected chi connectivity index (χ1v) is 9.32. The molecule has 0 saturated carbocycles. The number of hydrogen-bond acceptors (Lipinski definition) is 4. The monoisotopic (exact) mass is 353 g/mol. The molecule has 1 N–H and O–H groups in total. The van der Waals surface area contributed by atoms with Gasteiger partial charge in [0.15, 0.2) is 9.84 Å². The van der Waals surface area contributed by atoms with Crippen LogP contribution in [0.3, 0.4) is 0 Å². The minimum absolute atomic E-state index is 0.0103. The van der Waals surface area contributed by atoms with Gasteiger partial charge in [0, 0.05) is 10.9 Å². The lowest BCUT2D eigenvalue weighted by Gasteiger charge is -2.11. The van der Waals surface area contributed by atoms with Gasteiger partial charge in [-0.05, 0) is 24.6 Å². The van der Waals surface area contributed by atoms with Crippen molar-refractivity contribution in [3.8, 4) is 0 Å². The lowest BCUT2D eigenvalue weighted by Crippen LogP contribution is -2.17. The second-order valence-electron chi connectivity index (χ2n) is 4.96. The zero-order chi connectivity index (χ0) is 16.4. The van der Waals surface area contributed by atoms with Gasteiger partial charge in [-0.2, -0.15) is 13.2 Å². The van der Waals surface area contributed by atoms with Crippen LogP contribution in [0.15, 0.2) is 24.3 Å². The number of benzene rings is 1. The van der Waals surface area contributed by atoms with Crippen molar-refractivity contribution in [1.82, 2.24) is 0 Å². The first kappa shape index (κ1) is 17.1. The van der Waals surface area contributed by atoms with Gasteiger partial charge < -0.3 is 5.32 Å². The zero-order valence-corrected chi connectivity index (χ0v) is 13.0. The molecule has 0 radical (unpaired) electrons. The number of amides is 1. The van der Waals surface area contributed by atoms with Gasteiger partial charge in [-0.1, -0.05) is 6.07 Å². The maximum Gasteiger partial charge on any atom is 0.416 e. The average molecular weight is 353 g/mol. The molecule has 1 atom stereocenters. The molecule has 1 amide bonds. The third kappa shape index (κ3) is 4.91. The Morgan fingerprint density at radius 2 is 2.09 bits per heavy atom. The largest absolute Gasteiger partial charge is 0.416 e. The number of carbonyl (C=O) groups is 1. The molecule has 2 rings (SSSR count). The van der Waals surface area contributed by atoms with Gasteiger partial charge in [-0.15, -0.1) is 11.8 Å². The highest BCUT2D eigenvalue weighted by Crippen LogP contribution is 2.30. The lowest BCUT2D eigenvalue weighted by molar-refractivity contribution is -0.137. The molecule has 122 valence electrons. The molecule has 1 aromatic carbocycles. The fourth-order valence-electron chi connectivity index (χ4n) is 2.06. The van der Waals surface area contributed by atoms with Crippen molar-refractivity contribution in [1.29, 1.82) is 0 Å². The highest BCUT2D eigenvalue weighted by molar-refractivity contribution is 8.02. The molecule has 1 saturated heterocycles. The summed E-state index contributed by atoms with van der Waals surface area (Å²) in [7, 11) is -3.00. The topological polar surface area (TPSA) is 63.2 Å². The standard InChI is InChI=1S/C13H14F3NO3S2/c14-13(15,16)9-2-1-3-10(6-9)17-12(18)7-21-11-4-5-22(19,20)8-11/h1-3,6,11H,4-5,7-8H2,(H,17,18)/t11-/m0/s1. The molecular formula is C13H14F3NO3S2. The van der Waals surface area contributed by atoms with Gasteiger partial charge in [0.1, 0.15) is 0 Å². The molecule has 0 aliphatic carbocycles. The molecule has 1 aliphatic heterocycles. The van der Waals surface area contributed by atoms with E-state index in [0.717, 1.165) is 12.1 Å². The van der Waals surface area contributed by atoms with Crippen LogP contribution in [0, 0.1) is 0 Å². The SMILES string of the molecule is O=C(CS[C@H]1CCS(=O)(=O)C1)Nc1cccc(C(F)(F)F)c1. The summed E-state index contributed by atoms with van der Waals surface area (Å²) < 4.78 is 60.2. The molecule has 22 heavy (non-hydrogen) atoms. The van der Waals surface area contributed by atoms with E-state index in [1.54, 1.807) is 0 Å². The summed E-state index contributed by atoms with van der Waals surface area (Å²) in [6, 6.07) is 4.38. The number of thioether (sulfide) groups is 1. The molecule has 4 nitrogen and oxygen atoms in total. The summed E-state index contributed by atoms with van der Waals surface area (Å²) in [4.78, 5) is 11.7. The minimum atomic E-state index is -4.46. The number of rotatable bonds is 4. The second kappa shape index (κ2) is 6.49. The maximum atomic E-state index is 12.6. The van der Waals surface area contributed by atoms with Gasteiger partial charge in [0.2, 0.25) is 5.91 Å². The molecular weight excluding hydrogens is 339 g/mol. The Hall–Kier alpha value is -1.22. The van der Waals surface area contributed by atoms with Gasteiger partial charge in [0.25, 0.3) is 0 Å². The van der Waals surface area contributed by atoms with Crippen molar-refractivity contribution in [2.24, 2.45) is 0 Å². The van der Waals surface area contributed by atoms with Gasteiger partial charge >= 0.3 is 6.18 Å². The summed E-state index contributed by atoms with van der Waals surface area (Å²) in [5, 5.41) is 2.26. The Bertz CT molecular complexity index is 659. The van der Waals surface area contributed by atoms with Gasteiger partial charge in [-0.3, -0.25) is 4.79 Å². The van der Waals surface area contributed by atoms with Crippen LogP contribution in [0.5, 0.6) is 0 Å². The van der Waals surface area contributed by atoms with E-state index in [9.17, 15) is 26.4 Å². The average Bonchev–Trinajstić information content (AvgIpc) is 2.75. The Labute approximate surface area is 130 Å². The van der Waals surface area contributed by atoms with E-state index in [1.165, 1.54) is 23.9 Å². The van der Waals surface area contributed by atoms with Crippen LogP contribution in [0.2, 0.25) is 0 Å². The van der Waals surface area contributed by atoms with Crippen molar-refractivity contribution in [2.45, 2.75) is 17.8 Å². The Morgan fingerprint density at radius 3 is 2.68 bits per heavy atom. The summed E-state index contributed by atoms with van der Waals surface area (Å²) >= 11 is 1.21. The maximum absolute atomic E-state index is 12.6. The number of sulfone groups is 1. The molecule has 1 heterocycles. The normalized spacial score (nSPS) is 20.8. The number of halogens is 3. The van der Waals surface area contributed by atoms with Crippen LogP contribution in [-0.2, 0) is 20.8 Å². The van der Waals surface area contributed by atoms with Crippen molar-refractivity contribution in [3.63, 3.8) is 0 Å². The first-order chi connectivity index (χ1) is 10.2. The van der Waals surface area contributed by atoms with Crippen LogP contribution in [-0.4, -0.2) is 36.8 Å². The highest BCUT2D eigenvalue weighted by Gasteiger charge is 2.31. The van der Waals surface area contributed by atoms with E-state index in [4.69, 9.17) is 0 Å². The molecule has 0 bridgehead atoms. The Morgan fingerprint density at radius 1 is 1.36 bits per heavy atom. The van der Waals surface area contributed by atoms with Gasteiger partial charge in [0.05, 0.1) is 22.8 Å². The van der Waals surface area contributed by atoms with Crippen molar-refractivity contribution in [2.75, 3.05) is 22.6 Å². The Balaban J connectivity index is 1.87. The number of anilines is 1. The number of nitrogens with one attached hydrogen (secondary N) is 1. The summed E-state index contributed by atoms with van der Waals surface area (Å²) in [5.41, 5.74) is -0.765. The van der Waals surface area contributed by atoms with Crippen LogP contribution in [0.4, 0.5) is 18.9 Å². The summed E-state index contributed by atoms with van der Waals surface area (Å²) in [6.07, 6.45) is -3.96. The number of hydrogen-bond donors (Lipinski definition) is 1. The predicted octanol–water partition coefficient (Wildman–Crippen LogP) is 2.56. The van der Waals surface area contributed by atoms with Crippen LogP contribution >= 0.6 is 11.8 Å². The van der Waals surface area contributed by atoms with E-state index in [-0.39, 0.29) is 28.2 Å². The molecule has 1 fully saturated rings. The third-order valence-electron chi connectivity index (χ3n) is 3.11. The molecule has 0 unspecified atom stereocenters. The van der Waals surface area contributed by atoms with Crippen molar-refractivity contribution < 1.29 is 26.4 Å². The molecule has 0 aromatic heterocycles. The quantitative estimate of drug-likeness (QED) is 0.904. The van der Waals surface area contributed by atoms with E-state index in [2.05, 4.69) is 5.32 Å². The molecule has 1 aliphatic rings. The Kier molecular flexibility index (Phi) is 5.06. The van der Waals surface area contributed by atoms with E-state index in [1.807, 2.05) is 0 Å². The third-order valence-corrected chi connectivity index (χ3v) is 6.40. The van der Waals surface area contributed by atoms with Crippen molar-refractivity contribution in [3.05, 3.63) is 29.8 Å². The van der Waals surface area contributed by atoms with Crippen LogP contribution in [0.1, 0.15) is 12.0 Å². The summed E-state index contributed by atoms with van der Waals surface area (Å²) in [5.74, 6) is -0.265. The summed E-state index contributed by atoms with van der Waals surface area (Å²) in [6.45, 7) is 0.